The predicted molar refractivity (Wildman–Crippen MR) is 75.8 cm³/mol. The molecule has 0 amide bonds. The largest absolute Gasteiger partial charge is 0.294 e. The summed E-state index contributed by atoms with van der Waals surface area (Å²) in [5.41, 5.74) is 0.451. The molecule has 1 fully saturated rings. The predicted octanol–water partition coefficient (Wildman–Crippen LogP) is 4.08. The van der Waals surface area contributed by atoms with Crippen molar-refractivity contribution in [3.05, 3.63) is 33.9 Å². The molecular weight excluding hydrogens is 262 g/mol. The molecule has 1 aromatic rings. The standard InChI is InChI=1S/C14H17NO3S/c1-10(16)13-8-12(15(17)18)6-7-14(13)19-9-11-4-2-3-5-11/h6-8,11H,2-5,9H2,1H3. The van der Waals surface area contributed by atoms with E-state index in [1.807, 2.05) is 0 Å². The van der Waals surface area contributed by atoms with Gasteiger partial charge in [0, 0.05) is 28.3 Å². The summed E-state index contributed by atoms with van der Waals surface area (Å²) in [6.07, 6.45) is 5.11. The van der Waals surface area contributed by atoms with Gasteiger partial charge in [0.25, 0.3) is 5.69 Å². The molecule has 4 nitrogen and oxygen atoms in total. The second-order valence-electron chi connectivity index (χ2n) is 4.96. The number of rotatable bonds is 5. The molecule has 2 rings (SSSR count). The molecule has 0 aromatic heterocycles. The summed E-state index contributed by atoms with van der Waals surface area (Å²) in [5.74, 6) is 1.61. The summed E-state index contributed by atoms with van der Waals surface area (Å²) in [4.78, 5) is 22.7. The third kappa shape index (κ3) is 3.56. The van der Waals surface area contributed by atoms with Crippen LogP contribution in [0.15, 0.2) is 23.1 Å². The number of benzene rings is 1. The van der Waals surface area contributed by atoms with Crippen molar-refractivity contribution in [2.75, 3.05) is 5.75 Å². The van der Waals surface area contributed by atoms with E-state index in [1.165, 1.54) is 44.7 Å². The van der Waals surface area contributed by atoms with Crippen molar-refractivity contribution in [1.29, 1.82) is 0 Å². The highest BCUT2D eigenvalue weighted by Crippen LogP contribution is 2.33. The number of hydrogen-bond acceptors (Lipinski definition) is 4. The lowest BCUT2D eigenvalue weighted by Crippen LogP contribution is -2.01. The maximum absolute atomic E-state index is 11.6. The van der Waals surface area contributed by atoms with Crippen LogP contribution in [-0.2, 0) is 0 Å². The summed E-state index contributed by atoms with van der Waals surface area (Å²) in [6, 6.07) is 4.57. The van der Waals surface area contributed by atoms with Crippen molar-refractivity contribution in [1.82, 2.24) is 0 Å². The van der Waals surface area contributed by atoms with Gasteiger partial charge in [-0.2, -0.15) is 0 Å². The van der Waals surface area contributed by atoms with Crippen molar-refractivity contribution >= 4 is 23.2 Å². The van der Waals surface area contributed by atoms with Gasteiger partial charge < -0.3 is 0 Å². The first-order valence-corrected chi connectivity index (χ1v) is 7.48. The van der Waals surface area contributed by atoms with Crippen LogP contribution in [0.2, 0.25) is 0 Å². The molecular formula is C14H17NO3S. The second-order valence-corrected chi connectivity index (χ2v) is 6.02. The fourth-order valence-corrected chi connectivity index (χ4v) is 3.69. The van der Waals surface area contributed by atoms with Crippen LogP contribution in [0.3, 0.4) is 0 Å². The highest BCUT2D eigenvalue weighted by molar-refractivity contribution is 7.99. The van der Waals surface area contributed by atoms with Gasteiger partial charge in [-0.3, -0.25) is 14.9 Å². The van der Waals surface area contributed by atoms with Gasteiger partial charge in [-0.25, -0.2) is 0 Å². The van der Waals surface area contributed by atoms with E-state index in [1.54, 1.807) is 17.8 Å². The number of thioether (sulfide) groups is 1. The smallest absolute Gasteiger partial charge is 0.270 e. The maximum Gasteiger partial charge on any atom is 0.270 e. The molecule has 0 radical (unpaired) electrons. The van der Waals surface area contributed by atoms with Gasteiger partial charge in [-0.15, -0.1) is 11.8 Å². The highest BCUT2D eigenvalue weighted by Gasteiger charge is 2.18. The summed E-state index contributed by atoms with van der Waals surface area (Å²) < 4.78 is 0. The molecule has 0 aliphatic heterocycles. The number of nitro benzene ring substituents is 1. The number of non-ortho nitro benzene ring substituents is 1. The number of hydrogen-bond donors (Lipinski definition) is 0. The second kappa shape index (κ2) is 6.19. The SMILES string of the molecule is CC(=O)c1cc([N+](=O)[O-])ccc1SCC1CCCC1. The fourth-order valence-electron chi connectivity index (χ4n) is 2.42. The van der Waals surface area contributed by atoms with Crippen molar-refractivity contribution in [2.45, 2.75) is 37.5 Å². The quantitative estimate of drug-likeness (QED) is 0.352. The zero-order valence-electron chi connectivity index (χ0n) is 10.9. The Hall–Kier alpha value is -1.36. The van der Waals surface area contributed by atoms with Crippen LogP contribution in [-0.4, -0.2) is 16.5 Å². The first kappa shape index (κ1) is 14.1. The zero-order chi connectivity index (χ0) is 13.8. The number of nitrogens with zero attached hydrogens (tertiary/aromatic N) is 1. The molecule has 1 aliphatic carbocycles. The van der Waals surface area contributed by atoms with Crippen LogP contribution in [0, 0.1) is 16.0 Å². The summed E-state index contributed by atoms with van der Waals surface area (Å²) >= 11 is 1.65. The lowest BCUT2D eigenvalue weighted by molar-refractivity contribution is -0.384. The van der Waals surface area contributed by atoms with Crippen LogP contribution >= 0.6 is 11.8 Å². The number of carbonyl (C=O) groups is 1. The normalized spacial score (nSPS) is 15.6. The molecule has 0 N–H and O–H groups in total. The molecule has 0 spiro atoms. The molecule has 0 saturated heterocycles. The summed E-state index contributed by atoms with van der Waals surface area (Å²) in [5, 5.41) is 10.7. The molecule has 1 aromatic carbocycles. The lowest BCUT2D eigenvalue weighted by atomic mass is 10.1. The van der Waals surface area contributed by atoms with E-state index in [-0.39, 0.29) is 11.5 Å². The molecule has 0 unspecified atom stereocenters. The first-order chi connectivity index (χ1) is 9.08. The minimum Gasteiger partial charge on any atom is -0.294 e. The van der Waals surface area contributed by atoms with E-state index in [4.69, 9.17) is 0 Å². The van der Waals surface area contributed by atoms with Crippen LogP contribution < -0.4 is 0 Å². The third-order valence-electron chi connectivity index (χ3n) is 3.50. The lowest BCUT2D eigenvalue weighted by Gasteiger charge is -2.10. The summed E-state index contributed by atoms with van der Waals surface area (Å²) in [6.45, 7) is 1.46. The number of ketones is 1. The Morgan fingerprint density at radius 3 is 2.68 bits per heavy atom. The van der Waals surface area contributed by atoms with Gasteiger partial charge in [0.05, 0.1) is 4.92 Å². The Kier molecular flexibility index (Phi) is 4.58. The molecule has 1 saturated carbocycles. The average Bonchev–Trinajstić information content (AvgIpc) is 2.89. The van der Waals surface area contributed by atoms with E-state index < -0.39 is 4.92 Å². The van der Waals surface area contributed by atoms with Gasteiger partial charge >= 0.3 is 0 Å². The minimum absolute atomic E-state index is 0.0181. The Balaban J connectivity index is 2.14. The molecule has 1 aliphatic rings. The highest BCUT2D eigenvalue weighted by atomic mass is 32.2. The first-order valence-electron chi connectivity index (χ1n) is 6.50. The van der Waals surface area contributed by atoms with Crippen molar-refractivity contribution in [3.63, 3.8) is 0 Å². The Morgan fingerprint density at radius 2 is 2.11 bits per heavy atom. The van der Waals surface area contributed by atoms with E-state index in [2.05, 4.69) is 0 Å². The molecule has 0 bridgehead atoms. The van der Waals surface area contributed by atoms with Crippen molar-refractivity contribution in [2.24, 2.45) is 5.92 Å². The average molecular weight is 279 g/mol. The van der Waals surface area contributed by atoms with Crippen LogP contribution in [0.1, 0.15) is 43.0 Å². The van der Waals surface area contributed by atoms with E-state index in [9.17, 15) is 14.9 Å². The minimum atomic E-state index is -0.460. The van der Waals surface area contributed by atoms with E-state index in [0.717, 1.165) is 16.6 Å². The van der Waals surface area contributed by atoms with Gasteiger partial charge in [-0.1, -0.05) is 12.8 Å². The Morgan fingerprint density at radius 1 is 1.42 bits per heavy atom. The maximum atomic E-state index is 11.6. The monoisotopic (exact) mass is 279 g/mol. The number of Topliss-reactive ketones (excluding diaryl/α,β-unsaturated/α-hetero) is 1. The Labute approximate surface area is 116 Å². The molecule has 19 heavy (non-hydrogen) atoms. The molecule has 0 heterocycles. The zero-order valence-corrected chi connectivity index (χ0v) is 11.7. The van der Waals surface area contributed by atoms with E-state index >= 15 is 0 Å². The molecule has 0 atom stereocenters. The van der Waals surface area contributed by atoms with Gasteiger partial charge in [0.15, 0.2) is 5.78 Å². The fraction of sp³-hybridized carbons (Fsp3) is 0.500. The summed E-state index contributed by atoms with van der Waals surface area (Å²) in [7, 11) is 0. The van der Waals surface area contributed by atoms with Crippen LogP contribution in [0.25, 0.3) is 0 Å². The number of nitro groups is 1. The third-order valence-corrected chi connectivity index (χ3v) is 4.81. The van der Waals surface area contributed by atoms with Crippen LogP contribution in [0.5, 0.6) is 0 Å². The topological polar surface area (TPSA) is 60.2 Å². The van der Waals surface area contributed by atoms with E-state index in [0.29, 0.717) is 5.56 Å². The van der Waals surface area contributed by atoms with Gasteiger partial charge in [-0.05, 0) is 31.7 Å². The van der Waals surface area contributed by atoms with Crippen LogP contribution in [0.4, 0.5) is 5.69 Å². The van der Waals surface area contributed by atoms with Crippen molar-refractivity contribution in [3.8, 4) is 0 Å². The van der Waals surface area contributed by atoms with Crippen molar-refractivity contribution < 1.29 is 9.72 Å². The van der Waals surface area contributed by atoms with Gasteiger partial charge in [0.1, 0.15) is 0 Å². The Bertz CT molecular complexity index is 495. The number of carbonyl (C=O) groups excluding carboxylic acids is 1. The van der Waals surface area contributed by atoms with Gasteiger partial charge in [0.2, 0.25) is 0 Å². The molecule has 102 valence electrons. The molecule has 5 heteroatoms.